The van der Waals surface area contributed by atoms with E-state index in [4.69, 9.17) is 0 Å². The fraction of sp³-hybridized carbons (Fsp3) is 0.444. The minimum atomic E-state index is -3.57. The van der Waals surface area contributed by atoms with Crippen molar-refractivity contribution in [1.29, 1.82) is 0 Å². The Hall–Kier alpha value is -2.83. The monoisotopic (exact) mass is 432 g/mol. The molecule has 1 aliphatic rings. The molecule has 0 unspecified atom stereocenters. The van der Waals surface area contributed by atoms with E-state index in [1.54, 1.807) is 43.1 Å². The predicted molar refractivity (Wildman–Crippen MR) is 109 cm³/mol. The van der Waals surface area contributed by atoms with Crippen LogP contribution in [0.4, 0.5) is 0 Å². The van der Waals surface area contributed by atoms with Crippen molar-refractivity contribution in [2.45, 2.75) is 25.3 Å². The molecule has 0 atom stereocenters. The summed E-state index contributed by atoms with van der Waals surface area (Å²) in [6.45, 7) is 6.38. The highest BCUT2D eigenvalue weighted by Gasteiger charge is 2.32. The van der Waals surface area contributed by atoms with Gasteiger partial charge in [0.2, 0.25) is 10.0 Å². The van der Waals surface area contributed by atoms with Gasteiger partial charge in [-0.05, 0) is 26.0 Å². The lowest BCUT2D eigenvalue weighted by Gasteiger charge is -2.33. The van der Waals surface area contributed by atoms with Crippen molar-refractivity contribution in [2.24, 2.45) is 0 Å². The second kappa shape index (κ2) is 8.13. The fourth-order valence-corrected chi connectivity index (χ4v) is 5.36. The Morgan fingerprint density at radius 1 is 1.10 bits per heavy atom. The van der Waals surface area contributed by atoms with Gasteiger partial charge in [0, 0.05) is 51.2 Å². The summed E-state index contributed by atoms with van der Waals surface area (Å²) < 4.78 is 30.4. The van der Waals surface area contributed by atoms with Gasteiger partial charge in [-0.25, -0.2) is 17.8 Å². The lowest BCUT2D eigenvalue weighted by molar-refractivity contribution is 0.180. The molecule has 3 aromatic rings. The van der Waals surface area contributed by atoms with Crippen molar-refractivity contribution in [1.82, 2.24) is 39.0 Å². The van der Waals surface area contributed by atoms with Crippen LogP contribution in [0, 0.1) is 13.8 Å². The molecule has 0 amide bonds. The first-order valence-corrected chi connectivity index (χ1v) is 11.1. The lowest BCUT2D eigenvalue weighted by atomic mass is 10.3. The van der Waals surface area contributed by atoms with Crippen LogP contribution >= 0.6 is 0 Å². The molecular formula is C18H24N8O3S. The van der Waals surface area contributed by atoms with Crippen LogP contribution in [0.3, 0.4) is 0 Å². The van der Waals surface area contributed by atoms with Gasteiger partial charge in [0.15, 0.2) is 5.82 Å². The van der Waals surface area contributed by atoms with Gasteiger partial charge in [-0.15, -0.1) is 5.10 Å². The number of hydrogen-bond acceptors (Lipinski definition) is 7. The van der Waals surface area contributed by atoms with Gasteiger partial charge < -0.3 is 0 Å². The van der Waals surface area contributed by atoms with Crippen LogP contribution in [0.15, 0.2) is 40.3 Å². The van der Waals surface area contributed by atoms with Gasteiger partial charge in [-0.2, -0.15) is 14.5 Å². The second-order valence-electron chi connectivity index (χ2n) is 7.21. The number of hydrogen-bond donors (Lipinski definition) is 1. The molecule has 0 aromatic carbocycles. The minimum Gasteiger partial charge on any atom is -0.299 e. The average Bonchev–Trinajstić information content (AvgIpc) is 3.38. The molecule has 160 valence electrons. The summed E-state index contributed by atoms with van der Waals surface area (Å²) in [6.07, 6.45) is 3.41. The lowest BCUT2D eigenvalue weighted by Crippen LogP contribution is -2.49. The molecule has 1 aliphatic heterocycles. The highest BCUT2D eigenvalue weighted by molar-refractivity contribution is 7.89. The summed E-state index contributed by atoms with van der Waals surface area (Å²) in [6, 6.07) is 4.90. The number of sulfonamides is 1. The molecule has 1 saturated heterocycles. The maximum absolute atomic E-state index is 13.0. The first kappa shape index (κ1) is 20.4. The smallest absolute Gasteiger partial charge is 0.266 e. The standard InChI is InChI=1S/C18H24N8O3S/c1-14-18(15(2)21-20-14)30(28,29)24-11-8-23(9-12-24)10-13-26-17(27)5-4-16(22-26)25-7-3-6-19-25/h3-7H,8-13H2,1-2H3,(H,20,21). The summed E-state index contributed by atoms with van der Waals surface area (Å²) in [5.74, 6) is 0.571. The summed E-state index contributed by atoms with van der Waals surface area (Å²) in [7, 11) is -3.57. The number of rotatable bonds is 6. The van der Waals surface area contributed by atoms with Gasteiger partial charge in [-0.3, -0.25) is 14.8 Å². The molecule has 12 heteroatoms. The van der Waals surface area contributed by atoms with Crippen molar-refractivity contribution in [3.63, 3.8) is 0 Å². The van der Waals surface area contributed by atoms with E-state index in [2.05, 4.69) is 25.3 Å². The Balaban J connectivity index is 1.38. The minimum absolute atomic E-state index is 0.182. The zero-order valence-electron chi connectivity index (χ0n) is 16.9. The fourth-order valence-electron chi connectivity index (χ4n) is 3.60. The van der Waals surface area contributed by atoms with E-state index < -0.39 is 10.0 Å². The number of piperazine rings is 1. The van der Waals surface area contributed by atoms with Crippen LogP contribution in [-0.2, 0) is 16.6 Å². The molecule has 4 heterocycles. The molecule has 1 N–H and O–H groups in total. The molecule has 4 rings (SSSR count). The van der Waals surface area contributed by atoms with Crippen molar-refractivity contribution in [2.75, 3.05) is 32.7 Å². The second-order valence-corrected chi connectivity index (χ2v) is 9.09. The van der Waals surface area contributed by atoms with E-state index in [-0.39, 0.29) is 10.5 Å². The molecule has 0 saturated carbocycles. The number of H-pyrrole nitrogens is 1. The summed E-state index contributed by atoms with van der Waals surface area (Å²) in [4.78, 5) is 14.5. The first-order valence-electron chi connectivity index (χ1n) is 9.68. The van der Waals surface area contributed by atoms with Gasteiger partial charge in [0.25, 0.3) is 5.56 Å². The Bertz CT molecular complexity index is 1150. The van der Waals surface area contributed by atoms with Crippen molar-refractivity contribution in [3.05, 3.63) is 52.3 Å². The number of aryl methyl sites for hydroxylation is 2. The number of nitrogens with zero attached hydrogens (tertiary/aromatic N) is 7. The number of aromatic amines is 1. The van der Waals surface area contributed by atoms with E-state index in [0.717, 1.165) is 0 Å². The predicted octanol–water partition coefficient (Wildman–Crippen LogP) is -0.225. The van der Waals surface area contributed by atoms with E-state index in [1.165, 1.54) is 15.1 Å². The maximum Gasteiger partial charge on any atom is 0.266 e. The number of aromatic nitrogens is 6. The van der Waals surface area contributed by atoms with E-state index in [1.807, 2.05) is 0 Å². The molecular weight excluding hydrogens is 408 g/mol. The van der Waals surface area contributed by atoms with E-state index >= 15 is 0 Å². The van der Waals surface area contributed by atoms with Gasteiger partial charge in [-0.1, -0.05) is 0 Å². The third kappa shape index (κ3) is 3.93. The van der Waals surface area contributed by atoms with Crippen LogP contribution in [0.2, 0.25) is 0 Å². The van der Waals surface area contributed by atoms with Crippen LogP contribution in [-0.4, -0.2) is 80.1 Å². The molecule has 3 aromatic heterocycles. The van der Waals surface area contributed by atoms with E-state index in [0.29, 0.717) is 56.5 Å². The van der Waals surface area contributed by atoms with Crippen LogP contribution in [0.5, 0.6) is 0 Å². The van der Waals surface area contributed by atoms with Crippen LogP contribution < -0.4 is 5.56 Å². The quantitative estimate of drug-likeness (QED) is 0.571. The molecule has 30 heavy (non-hydrogen) atoms. The molecule has 0 bridgehead atoms. The first-order chi connectivity index (χ1) is 14.4. The van der Waals surface area contributed by atoms with Crippen molar-refractivity contribution >= 4 is 10.0 Å². The van der Waals surface area contributed by atoms with Crippen LogP contribution in [0.25, 0.3) is 5.82 Å². The summed E-state index contributed by atoms with van der Waals surface area (Å²) in [5, 5.41) is 15.2. The Morgan fingerprint density at radius 2 is 1.87 bits per heavy atom. The SMILES string of the molecule is Cc1n[nH]c(C)c1S(=O)(=O)N1CCN(CCn2nc(-n3cccn3)ccc2=O)CC1. The Kier molecular flexibility index (Phi) is 5.54. The highest BCUT2D eigenvalue weighted by atomic mass is 32.2. The molecule has 11 nitrogen and oxygen atoms in total. The van der Waals surface area contributed by atoms with Gasteiger partial charge >= 0.3 is 0 Å². The summed E-state index contributed by atoms with van der Waals surface area (Å²) >= 11 is 0. The average molecular weight is 433 g/mol. The Morgan fingerprint density at radius 3 is 2.50 bits per heavy atom. The summed E-state index contributed by atoms with van der Waals surface area (Å²) in [5.41, 5.74) is 0.855. The third-order valence-electron chi connectivity index (χ3n) is 5.21. The topological polar surface area (TPSA) is 122 Å². The van der Waals surface area contributed by atoms with Gasteiger partial charge in [0.05, 0.1) is 17.9 Å². The molecule has 0 radical (unpaired) electrons. The molecule has 1 fully saturated rings. The third-order valence-corrected chi connectivity index (χ3v) is 7.37. The number of nitrogens with one attached hydrogen (secondary N) is 1. The van der Waals surface area contributed by atoms with Crippen LogP contribution in [0.1, 0.15) is 11.4 Å². The normalized spacial score (nSPS) is 16.2. The Labute approximate surface area is 174 Å². The van der Waals surface area contributed by atoms with E-state index in [9.17, 15) is 13.2 Å². The highest BCUT2D eigenvalue weighted by Crippen LogP contribution is 2.22. The van der Waals surface area contributed by atoms with Crippen molar-refractivity contribution in [3.8, 4) is 5.82 Å². The molecule has 0 spiro atoms. The largest absolute Gasteiger partial charge is 0.299 e. The van der Waals surface area contributed by atoms with Crippen molar-refractivity contribution < 1.29 is 8.42 Å². The molecule has 0 aliphatic carbocycles. The zero-order chi connectivity index (χ0) is 21.3. The van der Waals surface area contributed by atoms with Gasteiger partial charge in [0.1, 0.15) is 4.90 Å². The maximum atomic E-state index is 13.0. The zero-order valence-corrected chi connectivity index (χ0v) is 17.7.